The second-order valence-electron chi connectivity index (χ2n) is 9.55. The van der Waals surface area contributed by atoms with Gasteiger partial charge in [0.25, 0.3) is 0 Å². The van der Waals surface area contributed by atoms with Crippen molar-refractivity contribution in [2.24, 2.45) is 5.41 Å². The quantitative estimate of drug-likeness (QED) is 0.701. The van der Waals surface area contributed by atoms with Crippen LogP contribution in [-0.4, -0.2) is 17.6 Å². The van der Waals surface area contributed by atoms with Gasteiger partial charge in [-0.15, -0.1) is 11.8 Å². The molecule has 0 radical (unpaired) electrons. The maximum Gasteiger partial charge on any atom is 0.238 e. The summed E-state index contributed by atoms with van der Waals surface area (Å²) in [6.07, 6.45) is 0. The minimum Gasteiger partial charge on any atom is -0.326 e. The van der Waals surface area contributed by atoms with Crippen molar-refractivity contribution in [3.63, 3.8) is 0 Å². The summed E-state index contributed by atoms with van der Waals surface area (Å²) in [4.78, 5) is 26.9. The molecule has 4 nitrogen and oxygen atoms in total. The molecule has 1 aliphatic heterocycles. The minimum absolute atomic E-state index is 0.0283. The first kappa shape index (κ1) is 21.4. The number of carbonyl (C=O) groups is 2. The molecule has 1 aliphatic rings. The molecule has 0 aliphatic carbocycles. The number of thioether (sulfide) groups is 1. The highest BCUT2D eigenvalue weighted by Gasteiger charge is 2.34. The molecule has 1 fully saturated rings. The molecule has 2 aromatic carbocycles. The summed E-state index contributed by atoms with van der Waals surface area (Å²) in [7, 11) is 0. The molecule has 3 rings (SSSR count). The van der Waals surface area contributed by atoms with E-state index in [2.05, 4.69) is 38.2 Å². The van der Waals surface area contributed by atoms with Gasteiger partial charge in [-0.2, -0.15) is 0 Å². The van der Waals surface area contributed by atoms with E-state index >= 15 is 0 Å². The van der Waals surface area contributed by atoms with Gasteiger partial charge in [0.15, 0.2) is 0 Å². The van der Waals surface area contributed by atoms with Crippen molar-refractivity contribution in [2.45, 2.75) is 52.3 Å². The van der Waals surface area contributed by atoms with Gasteiger partial charge in [-0.3, -0.25) is 14.5 Å². The van der Waals surface area contributed by atoms with Crippen molar-refractivity contribution in [3.05, 3.63) is 59.7 Å². The second-order valence-corrected chi connectivity index (χ2v) is 10.6. The zero-order valence-corrected chi connectivity index (χ0v) is 18.9. The van der Waals surface area contributed by atoms with E-state index in [0.29, 0.717) is 5.75 Å². The molecule has 1 atom stereocenters. The molecule has 0 aromatic heterocycles. The summed E-state index contributed by atoms with van der Waals surface area (Å²) in [5.41, 5.74) is 3.51. The third kappa shape index (κ3) is 4.84. The van der Waals surface area contributed by atoms with Crippen LogP contribution in [0.1, 0.15) is 58.0 Å². The molecule has 0 spiro atoms. The normalized spacial score (nSPS) is 17.5. The van der Waals surface area contributed by atoms with Crippen LogP contribution in [0.15, 0.2) is 48.5 Å². The Morgan fingerprint density at radius 3 is 2.28 bits per heavy atom. The van der Waals surface area contributed by atoms with Gasteiger partial charge in [0.05, 0.1) is 5.75 Å². The smallest absolute Gasteiger partial charge is 0.238 e. The number of rotatable bonds is 3. The largest absolute Gasteiger partial charge is 0.326 e. The fourth-order valence-electron chi connectivity index (χ4n) is 3.16. The topological polar surface area (TPSA) is 49.4 Å². The zero-order valence-electron chi connectivity index (χ0n) is 18.1. The maximum atomic E-state index is 12.7. The fraction of sp³-hybridized carbons (Fsp3) is 0.417. The number of anilines is 2. The third-order valence-corrected chi connectivity index (χ3v) is 6.20. The van der Waals surface area contributed by atoms with Crippen molar-refractivity contribution in [1.29, 1.82) is 0 Å². The Bertz CT molecular complexity index is 908. The SMILES string of the molecule is CC(C)(C)C(=O)Nc1cccc([C@@H]2SCC(=O)N2c2ccc(C(C)(C)C)cc2)c1. The van der Waals surface area contributed by atoms with Gasteiger partial charge in [-0.05, 0) is 40.8 Å². The lowest BCUT2D eigenvalue weighted by atomic mass is 9.87. The van der Waals surface area contributed by atoms with Gasteiger partial charge >= 0.3 is 0 Å². The average Bonchev–Trinajstić information content (AvgIpc) is 3.02. The number of hydrogen-bond donors (Lipinski definition) is 1. The van der Waals surface area contributed by atoms with Crippen molar-refractivity contribution < 1.29 is 9.59 Å². The van der Waals surface area contributed by atoms with Crippen LogP contribution in [0.3, 0.4) is 0 Å². The number of amides is 2. The summed E-state index contributed by atoms with van der Waals surface area (Å²) >= 11 is 1.61. The number of nitrogens with zero attached hydrogens (tertiary/aromatic N) is 1. The molecule has 1 heterocycles. The monoisotopic (exact) mass is 410 g/mol. The van der Waals surface area contributed by atoms with Gasteiger partial charge < -0.3 is 5.32 Å². The van der Waals surface area contributed by atoms with Crippen molar-refractivity contribution >= 4 is 35.0 Å². The summed E-state index contributed by atoms with van der Waals surface area (Å²) in [5.74, 6) is 0.525. The molecule has 29 heavy (non-hydrogen) atoms. The average molecular weight is 411 g/mol. The molecule has 1 N–H and O–H groups in total. The van der Waals surface area contributed by atoms with Crippen LogP contribution in [-0.2, 0) is 15.0 Å². The zero-order chi connectivity index (χ0) is 21.4. The first-order valence-electron chi connectivity index (χ1n) is 9.92. The second kappa shape index (κ2) is 7.86. The van der Waals surface area contributed by atoms with Crippen molar-refractivity contribution in [3.8, 4) is 0 Å². The predicted octanol–water partition coefficient (Wildman–Crippen LogP) is 5.75. The molecule has 5 heteroatoms. The van der Waals surface area contributed by atoms with Gasteiger partial charge in [0, 0.05) is 16.8 Å². The van der Waals surface area contributed by atoms with Gasteiger partial charge in [0.2, 0.25) is 11.8 Å². The Morgan fingerprint density at radius 2 is 1.69 bits per heavy atom. The summed E-state index contributed by atoms with van der Waals surface area (Å²) in [5, 5.41) is 2.88. The van der Waals surface area contributed by atoms with Gasteiger partial charge in [0.1, 0.15) is 5.37 Å². The van der Waals surface area contributed by atoms with E-state index in [1.165, 1.54) is 5.56 Å². The number of nitrogens with one attached hydrogen (secondary N) is 1. The van der Waals surface area contributed by atoms with Crippen molar-refractivity contribution in [2.75, 3.05) is 16.0 Å². The Hall–Kier alpha value is -2.27. The first-order chi connectivity index (χ1) is 13.5. The Kier molecular flexibility index (Phi) is 5.81. The Labute approximate surface area is 178 Å². The van der Waals surface area contributed by atoms with Crippen LogP contribution in [0.4, 0.5) is 11.4 Å². The lowest BCUT2D eigenvalue weighted by molar-refractivity contribution is -0.123. The molecule has 2 aromatic rings. The van der Waals surface area contributed by atoms with Crippen LogP contribution in [0.25, 0.3) is 0 Å². The van der Waals surface area contributed by atoms with Crippen LogP contribution < -0.4 is 10.2 Å². The molecular weight excluding hydrogens is 380 g/mol. The summed E-state index contributed by atoms with van der Waals surface area (Å²) in [6, 6.07) is 16.1. The van der Waals surface area contributed by atoms with Crippen LogP contribution in [0.2, 0.25) is 0 Å². The molecule has 0 saturated carbocycles. The lowest BCUT2D eigenvalue weighted by Gasteiger charge is -2.26. The highest BCUT2D eigenvalue weighted by molar-refractivity contribution is 8.00. The molecule has 1 saturated heterocycles. The number of hydrogen-bond acceptors (Lipinski definition) is 3. The molecule has 2 amide bonds. The molecule has 0 unspecified atom stereocenters. The highest BCUT2D eigenvalue weighted by atomic mass is 32.2. The van der Waals surface area contributed by atoms with E-state index in [4.69, 9.17) is 0 Å². The lowest BCUT2D eigenvalue weighted by Crippen LogP contribution is -2.29. The molecule has 154 valence electrons. The first-order valence-corrected chi connectivity index (χ1v) is 11.0. The van der Waals surface area contributed by atoms with E-state index in [1.54, 1.807) is 11.8 Å². The minimum atomic E-state index is -0.463. The Morgan fingerprint density at radius 1 is 1.03 bits per heavy atom. The van der Waals surface area contributed by atoms with Crippen LogP contribution in [0, 0.1) is 5.41 Å². The number of carbonyl (C=O) groups excluding carboxylic acids is 2. The maximum absolute atomic E-state index is 12.7. The van der Waals surface area contributed by atoms with E-state index in [-0.39, 0.29) is 22.6 Å². The van der Waals surface area contributed by atoms with Crippen LogP contribution in [0.5, 0.6) is 0 Å². The standard InChI is InChI=1S/C24H30N2O2S/c1-23(2,3)17-10-12-19(13-11-17)26-20(27)15-29-21(26)16-8-7-9-18(14-16)25-22(28)24(4,5)6/h7-14,21H,15H2,1-6H3,(H,25,28)/t21-/m0/s1. The highest BCUT2D eigenvalue weighted by Crippen LogP contribution is 2.42. The van der Waals surface area contributed by atoms with Gasteiger partial charge in [-0.1, -0.05) is 65.8 Å². The summed E-state index contributed by atoms with van der Waals surface area (Å²) < 4.78 is 0. The van der Waals surface area contributed by atoms with Crippen LogP contribution >= 0.6 is 11.8 Å². The molecular formula is C24H30N2O2S. The number of benzene rings is 2. The van der Waals surface area contributed by atoms with E-state index < -0.39 is 5.41 Å². The fourth-order valence-corrected chi connectivity index (χ4v) is 4.33. The van der Waals surface area contributed by atoms with Gasteiger partial charge in [-0.25, -0.2) is 0 Å². The van der Waals surface area contributed by atoms with Crippen molar-refractivity contribution in [1.82, 2.24) is 0 Å². The summed E-state index contributed by atoms with van der Waals surface area (Å²) in [6.45, 7) is 12.2. The van der Waals surface area contributed by atoms with E-state index in [9.17, 15) is 9.59 Å². The molecule has 0 bridgehead atoms. The Balaban J connectivity index is 1.87. The predicted molar refractivity (Wildman–Crippen MR) is 122 cm³/mol. The third-order valence-electron chi connectivity index (χ3n) is 4.99. The van der Waals surface area contributed by atoms with E-state index in [0.717, 1.165) is 16.9 Å². The van der Waals surface area contributed by atoms with E-state index in [1.807, 2.05) is 62.1 Å².